The Morgan fingerprint density at radius 3 is 3.06 bits per heavy atom. The summed E-state index contributed by atoms with van der Waals surface area (Å²) in [6, 6.07) is 3.67. The zero-order valence-electron chi connectivity index (χ0n) is 10.0. The minimum Gasteiger partial charge on any atom is -0.495 e. The van der Waals surface area contributed by atoms with Crippen LogP contribution in [0.1, 0.15) is 6.92 Å². The minimum absolute atomic E-state index is 0.156. The lowest BCUT2D eigenvalue weighted by Gasteiger charge is -2.09. The van der Waals surface area contributed by atoms with Gasteiger partial charge in [-0.1, -0.05) is 12.0 Å². The summed E-state index contributed by atoms with van der Waals surface area (Å²) in [4.78, 5) is 2.80. The van der Waals surface area contributed by atoms with Crippen LogP contribution in [0.25, 0.3) is 21.3 Å². The topological polar surface area (TPSA) is 75.8 Å². The molecule has 2 aromatic rings. The number of nitrogens with zero attached hydrogens (tertiary/aromatic N) is 5. The van der Waals surface area contributed by atoms with E-state index in [9.17, 15) is 0 Å². The van der Waals surface area contributed by atoms with Crippen LogP contribution in [0.2, 0.25) is 0 Å². The van der Waals surface area contributed by atoms with E-state index in [1.54, 1.807) is 18.0 Å². The molecule has 0 aliphatic rings. The zero-order valence-corrected chi connectivity index (χ0v) is 11.6. The number of methoxy groups -OCH3 is 1. The summed E-state index contributed by atoms with van der Waals surface area (Å²) in [5.74, 6) is 0.751. The van der Waals surface area contributed by atoms with Crippen molar-refractivity contribution in [3.8, 4) is 5.75 Å². The van der Waals surface area contributed by atoms with E-state index in [1.807, 2.05) is 19.1 Å². The van der Waals surface area contributed by atoms with Gasteiger partial charge in [0.15, 0.2) is 0 Å². The van der Waals surface area contributed by atoms with Crippen LogP contribution in [0.4, 0.5) is 0 Å². The first-order valence-corrected chi connectivity index (χ1v) is 6.19. The molecule has 0 saturated heterocycles. The predicted octanol–water partition coefficient (Wildman–Crippen LogP) is 3.51. The van der Waals surface area contributed by atoms with Crippen LogP contribution >= 0.6 is 15.9 Å². The molecule has 0 bridgehead atoms. The molecule has 0 aliphatic heterocycles. The van der Waals surface area contributed by atoms with Crippen molar-refractivity contribution in [2.24, 2.45) is 5.11 Å². The maximum absolute atomic E-state index is 8.41. The highest BCUT2D eigenvalue weighted by Gasteiger charge is 2.12. The molecule has 1 heterocycles. The lowest BCUT2D eigenvalue weighted by molar-refractivity contribution is 0.412. The van der Waals surface area contributed by atoms with Crippen molar-refractivity contribution in [3.05, 3.63) is 33.2 Å². The second-order valence-electron chi connectivity index (χ2n) is 3.90. The quantitative estimate of drug-likeness (QED) is 0.492. The van der Waals surface area contributed by atoms with Gasteiger partial charge in [0.05, 0.1) is 29.3 Å². The third-order valence-electron chi connectivity index (χ3n) is 2.61. The van der Waals surface area contributed by atoms with Crippen LogP contribution in [0, 0.1) is 0 Å². The summed E-state index contributed by atoms with van der Waals surface area (Å²) in [5, 5.41) is 8.96. The van der Waals surface area contributed by atoms with Gasteiger partial charge in [-0.25, -0.2) is 0 Å². The molecule has 7 heteroatoms. The van der Waals surface area contributed by atoms with Crippen LogP contribution in [0.3, 0.4) is 0 Å². The highest BCUT2D eigenvalue weighted by molar-refractivity contribution is 9.10. The SMILES string of the molecule is COc1ccc2cnn(C[C@@H](C)N=[N+]=[N-])c2c1Br. The summed E-state index contributed by atoms with van der Waals surface area (Å²) in [5.41, 5.74) is 9.35. The van der Waals surface area contributed by atoms with Gasteiger partial charge < -0.3 is 4.74 Å². The number of ether oxygens (including phenoxy) is 1. The number of benzene rings is 1. The van der Waals surface area contributed by atoms with Crippen molar-refractivity contribution in [1.29, 1.82) is 0 Å². The standard InChI is InChI=1S/C11H12BrN5O/c1-7(15-16-13)6-17-11-8(5-14-17)3-4-9(18-2)10(11)12/h3-5,7H,6H2,1-2H3/t7-/m1/s1. The van der Waals surface area contributed by atoms with Gasteiger partial charge in [-0.3, -0.25) is 4.68 Å². The van der Waals surface area contributed by atoms with Crippen molar-refractivity contribution in [1.82, 2.24) is 9.78 Å². The minimum atomic E-state index is -0.156. The zero-order chi connectivity index (χ0) is 13.1. The van der Waals surface area contributed by atoms with Crippen LogP contribution in [-0.2, 0) is 6.54 Å². The van der Waals surface area contributed by atoms with E-state index in [0.717, 1.165) is 21.1 Å². The molecule has 0 aliphatic carbocycles. The van der Waals surface area contributed by atoms with Gasteiger partial charge in [-0.05, 0) is 33.6 Å². The van der Waals surface area contributed by atoms with Crippen molar-refractivity contribution < 1.29 is 4.74 Å². The molecule has 94 valence electrons. The fourth-order valence-corrected chi connectivity index (χ4v) is 2.52. The average Bonchev–Trinajstić information content (AvgIpc) is 2.74. The monoisotopic (exact) mass is 309 g/mol. The molecule has 0 amide bonds. The molecule has 0 unspecified atom stereocenters. The van der Waals surface area contributed by atoms with Gasteiger partial charge in [-0.2, -0.15) is 5.10 Å². The molecule has 0 spiro atoms. The van der Waals surface area contributed by atoms with E-state index in [4.69, 9.17) is 10.3 Å². The van der Waals surface area contributed by atoms with Crippen molar-refractivity contribution >= 4 is 26.8 Å². The molecule has 1 atom stereocenters. The number of rotatable bonds is 4. The van der Waals surface area contributed by atoms with Gasteiger partial charge >= 0.3 is 0 Å². The first-order chi connectivity index (χ1) is 8.67. The third kappa shape index (κ3) is 2.27. The van der Waals surface area contributed by atoms with E-state index in [-0.39, 0.29) is 6.04 Å². The number of aromatic nitrogens is 2. The molecule has 6 nitrogen and oxygen atoms in total. The number of azide groups is 1. The largest absolute Gasteiger partial charge is 0.495 e. The van der Waals surface area contributed by atoms with Crippen molar-refractivity contribution in [3.63, 3.8) is 0 Å². The predicted molar refractivity (Wildman–Crippen MR) is 72.6 cm³/mol. The highest BCUT2D eigenvalue weighted by atomic mass is 79.9. The number of fused-ring (bicyclic) bond motifs is 1. The molecule has 0 N–H and O–H groups in total. The molecule has 0 saturated carbocycles. The van der Waals surface area contributed by atoms with Gasteiger partial charge in [-0.15, -0.1) is 0 Å². The van der Waals surface area contributed by atoms with Crippen molar-refractivity contribution in [2.45, 2.75) is 19.5 Å². The Morgan fingerprint density at radius 1 is 1.61 bits per heavy atom. The van der Waals surface area contributed by atoms with Gasteiger partial charge in [0, 0.05) is 16.8 Å². The molecule has 1 aromatic carbocycles. The molecular formula is C11H12BrN5O. The fourth-order valence-electron chi connectivity index (χ4n) is 1.79. The molecule has 2 rings (SSSR count). The maximum Gasteiger partial charge on any atom is 0.135 e. The van der Waals surface area contributed by atoms with Crippen LogP contribution in [0.15, 0.2) is 27.9 Å². The smallest absolute Gasteiger partial charge is 0.135 e. The Labute approximate surface area is 112 Å². The lowest BCUT2D eigenvalue weighted by Crippen LogP contribution is -2.11. The molecule has 1 aromatic heterocycles. The number of hydrogen-bond donors (Lipinski definition) is 0. The third-order valence-corrected chi connectivity index (χ3v) is 3.38. The van der Waals surface area contributed by atoms with Crippen molar-refractivity contribution in [2.75, 3.05) is 7.11 Å². The van der Waals surface area contributed by atoms with Crippen LogP contribution in [-0.4, -0.2) is 22.9 Å². The van der Waals surface area contributed by atoms with Gasteiger partial charge in [0.25, 0.3) is 0 Å². The van der Waals surface area contributed by atoms with Crippen LogP contribution in [0.5, 0.6) is 5.75 Å². The summed E-state index contributed by atoms with van der Waals surface area (Å²) in [6.07, 6.45) is 1.78. The van der Waals surface area contributed by atoms with E-state index in [1.165, 1.54) is 0 Å². The molecule has 0 radical (unpaired) electrons. The number of halogens is 1. The lowest BCUT2D eigenvalue weighted by atomic mass is 10.2. The maximum atomic E-state index is 8.41. The Balaban J connectivity index is 2.48. The summed E-state index contributed by atoms with van der Waals surface area (Å²) in [6.45, 7) is 2.38. The molecular weight excluding hydrogens is 298 g/mol. The Morgan fingerprint density at radius 2 is 2.39 bits per heavy atom. The molecule has 0 fully saturated rings. The molecule has 18 heavy (non-hydrogen) atoms. The first-order valence-electron chi connectivity index (χ1n) is 5.39. The Bertz CT molecular complexity index is 617. The average molecular weight is 310 g/mol. The summed E-state index contributed by atoms with van der Waals surface area (Å²) < 4.78 is 7.92. The second-order valence-corrected chi connectivity index (χ2v) is 4.69. The highest BCUT2D eigenvalue weighted by Crippen LogP contribution is 2.32. The summed E-state index contributed by atoms with van der Waals surface area (Å²) >= 11 is 3.51. The fraction of sp³-hybridized carbons (Fsp3) is 0.364. The van der Waals surface area contributed by atoms with Gasteiger partial charge in [0.1, 0.15) is 5.75 Å². The number of hydrogen-bond acceptors (Lipinski definition) is 3. The van der Waals surface area contributed by atoms with Crippen LogP contribution < -0.4 is 4.74 Å². The van der Waals surface area contributed by atoms with Gasteiger partial charge in [0.2, 0.25) is 0 Å². The summed E-state index contributed by atoms with van der Waals surface area (Å²) in [7, 11) is 1.62. The van der Waals surface area contributed by atoms with E-state index >= 15 is 0 Å². The Kier molecular flexibility index (Phi) is 3.74. The van der Waals surface area contributed by atoms with E-state index in [0.29, 0.717) is 6.54 Å². The second kappa shape index (κ2) is 5.29. The Hall–Kier alpha value is -1.72. The normalized spacial score (nSPS) is 12.2. The van der Waals surface area contributed by atoms with E-state index < -0.39 is 0 Å². The van der Waals surface area contributed by atoms with E-state index in [2.05, 4.69) is 31.1 Å². The first kappa shape index (κ1) is 12.7.